The summed E-state index contributed by atoms with van der Waals surface area (Å²) in [5.74, 6) is 1.58. The van der Waals surface area contributed by atoms with Crippen molar-refractivity contribution in [1.29, 1.82) is 0 Å². The van der Waals surface area contributed by atoms with Crippen molar-refractivity contribution >= 4 is 16.9 Å². The van der Waals surface area contributed by atoms with Gasteiger partial charge in [0.1, 0.15) is 5.82 Å². The van der Waals surface area contributed by atoms with Gasteiger partial charge in [0.25, 0.3) is 0 Å². The van der Waals surface area contributed by atoms with Crippen molar-refractivity contribution in [2.75, 3.05) is 13.1 Å². The molecule has 0 bridgehead atoms. The smallest absolute Gasteiger partial charge is 0.223 e. The molecule has 1 unspecified atom stereocenters. The molecule has 1 aromatic heterocycles. The van der Waals surface area contributed by atoms with Gasteiger partial charge in [-0.2, -0.15) is 0 Å². The van der Waals surface area contributed by atoms with Crippen LogP contribution in [0.25, 0.3) is 11.0 Å². The lowest BCUT2D eigenvalue weighted by Crippen LogP contribution is -2.29. The summed E-state index contributed by atoms with van der Waals surface area (Å²) in [5.41, 5.74) is 4.16. The number of rotatable bonds is 6. The summed E-state index contributed by atoms with van der Waals surface area (Å²) in [5, 5.41) is 9.28. The zero-order valence-corrected chi connectivity index (χ0v) is 15.4. The molecule has 1 saturated heterocycles. The van der Waals surface area contributed by atoms with E-state index < -0.39 is 0 Å². The van der Waals surface area contributed by atoms with Gasteiger partial charge < -0.3 is 15.0 Å². The Bertz CT molecular complexity index is 901. The highest BCUT2D eigenvalue weighted by Gasteiger charge is 2.26. The van der Waals surface area contributed by atoms with Crippen molar-refractivity contribution in [1.82, 2.24) is 14.9 Å². The standard InChI is InChI=1S/C22H25N3O2/c26-15-18-5-3-4-16(13-18)12-17-10-11-25(14-17)22(27)9-8-21-23-19-6-1-2-7-20(19)24-21/h1-7,13,17,26H,8-12,14-15H2,(H,23,24). The predicted molar refractivity (Wildman–Crippen MR) is 105 cm³/mol. The number of hydrogen-bond acceptors (Lipinski definition) is 3. The zero-order chi connectivity index (χ0) is 18.6. The predicted octanol–water partition coefficient (Wildman–Crippen LogP) is 3.08. The number of aromatic amines is 1. The minimum atomic E-state index is 0.0743. The van der Waals surface area contributed by atoms with Crippen LogP contribution in [-0.2, 0) is 24.2 Å². The number of H-pyrrole nitrogens is 1. The molecule has 1 atom stereocenters. The average molecular weight is 363 g/mol. The van der Waals surface area contributed by atoms with Gasteiger partial charge in [0.2, 0.25) is 5.91 Å². The Morgan fingerprint density at radius 3 is 2.89 bits per heavy atom. The molecule has 0 saturated carbocycles. The molecule has 4 rings (SSSR count). The normalized spacial score (nSPS) is 16.9. The van der Waals surface area contributed by atoms with Gasteiger partial charge >= 0.3 is 0 Å². The van der Waals surface area contributed by atoms with E-state index in [0.29, 0.717) is 18.8 Å². The maximum atomic E-state index is 12.6. The molecule has 3 aromatic rings. The first-order valence-electron chi connectivity index (χ1n) is 9.61. The summed E-state index contributed by atoms with van der Waals surface area (Å²) < 4.78 is 0. The number of aryl methyl sites for hydroxylation is 1. The maximum Gasteiger partial charge on any atom is 0.223 e. The molecule has 0 radical (unpaired) electrons. The molecule has 5 nitrogen and oxygen atoms in total. The van der Waals surface area contributed by atoms with Crippen molar-refractivity contribution in [2.45, 2.75) is 32.3 Å². The molecule has 1 aliphatic heterocycles. The first-order valence-corrected chi connectivity index (χ1v) is 9.61. The number of para-hydroxylation sites is 2. The number of aliphatic hydroxyl groups excluding tert-OH is 1. The number of imidazole rings is 1. The Morgan fingerprint density at radius 2 is 2.04 bits per heavy atom. The molecule has 1 aliphatic rings. The van der Waals surface area contributed by atoms with E-state index >= 15 is 0 Å². The third-order valence-electron chi connectivity index (χ3n) is 5.35. The maximum absolute atomic E-state index is 12.6. The van der Waals surface area contributed by atoms with Crippen LogP contribution in [0.15, 0.2) is 48.5 Å². The van der Waals surface area contributed by atoms with E-state index in [-0.39, 0.29) is 12.5 Å². The second-order valence-corrected chi connectivity index (χ2v) is 7.38. The number of carbonyl (C=O) groups is 1. The number of benzene rings is 2. The molecular weight excluding hydrogens is 338 g/mol. The van der Waals surface area contributed by atoms with E-state index in [1.807, 2.05) is 41.3 Å². The first-order chi connectivity index (χ1) is 13.2. The average Bonchev–Trinajstić information content (AvgIpc) is 3.33. The van der Waals surface area contributed by atoms with Crippen molar-refractivity contribution < 1.29 is 9.90 Å². The number of carbonyl (C=O) groups excluding carboxylic acids is 1. The molecule has 0 spiro atoms. The fourth-order valence-electron chi connectivity index (χ4n) is 3.92. The van der Waals surface area contributed by atoms with Gasteiger partial charge in [0, 0.05) is 25.9 Å². The van der Waals surface area contributed by atoms with Gasteiger partial charge in [0.15, 0.2) is 0 Å². The van der Waals surface area contributed by atoms with E-state index in [4.69, 9.17) is 0 Å². The molecule has 1 fully saturated rings. The number of aromatic nitrogens is 2. The summed E-state index contributed by atoms with van der Waals surface area (Å²) in [6.45, 7) is 1.73. The molecule has 5 heteroatoms. The van der Waals surface area contributed by atoms with Crippen LogP contribution < -0.4 is 0 Å². The molecule has 2 N–H and O–H groups in total. The fraction of sp³-hybridized carbons (Fsp3) is 0.364. The topological polar surface area (TPSA) is 69.2 Å². The lowest BCUT2D eigenvalue weighted by molar-refractivity contribution is -0.130. The van der Waals surface area contributed by atoms with Gasteiger partial charge in [-0.1, -0.05) is 36.4 Å². The Kier molecular flexibility index (Phi) is 5.21. The van der Waals surface area contributed by atoms with Crippen LogP contribution in [0.3, 0.4) is 0 Å². The van der Waals surface area contributed by atoms with Crippen molar-refractivity contribution in [2.24, 2.45) is 5.92 Å². The SMILES string of the molecule is O=C(CCc1nc2ccccc2[nH]1)N1CCC(Cc2cccc(CO)c2)C1. The van der Waals surface area contributed by atoms with E-state index in [2.05, 4.69) is 22.1 Å². The molecule has 140 valence electrons. The Balaban J connectivity index is 1.29. The highest BCUT2D eigenvalue weighted by atomic mass is 16.3. The Morgan fingerprint density at radius 1 is 1.19 bits per heavy atom. The van der Waals surface area contributed by atoms with Gasteiger partial charge in [-0.25, -0.2) is 4.98 Å². The third-order valence-corrected chi connectivity index (χ3v) is 5.35. The summed E-state index contributed by atoms with van der Waals surface area (Å²) in [6, 6.07) is 16.0. The van der Waals surface area contributed by atoms with Gasteiger partial charge in [-0.05, 0) is 42.0 Å². The van der Waals surface area contributed by atoms with E-state index in [9.17, 15) is 9.90 Å². The van der Waals surface area contributed by atoms with Crippen LogP contribution in [0.2, 0.25) is 0 Å². The summed E-state index contributed by atoms with van der Waals surface area (Å²) in [6.07, 6.45) is 3.14. The van der Waals surface area contributed by atoms with Gasteiger partial charge in [-0.15, -0.1) is 0 Å². The number of nitrogens with zero attached hydrogens (tertiary/aromatic N) is 2. The fourth-order valence-corrected chi connectivity index (χ4v) is 3.92. The lowest BCUT2D eigenvalue weighted by Gasteiger charge is -2.16. The number of fused-ring (bicyclic) bond motifs is 1. The van der Waals surface area contributed by atoms with Crippen molar-refractivity contribution in [3.8, 4) is 0 Å². The Labute approximate surface area is 159 Å². The molecule has 1 amide bonds. The van der Waals surface area contributed by atoms with Crippen LogP contribution in [0.4, 0.5) is 0 Å². The van der Waals surface area contributed by atoms with Crippen LogP contribution in [0, 0.1) is 5.92 Å². The minimum Gasteiger partial charge on any atom is -0.392 e. The van der Waals surface area contributed by atoms with Crippen LogP contribution >= 0.6 is 0 Å². The van der Waals surface area contributed by atoms with E-state index in [1.54, 1.807) is 0 Å². The van der Waals surface area contributed by atoms with Crippen LogP contribution in [0.1, 0.15) is 29.8 Å². The molecular formula is C22H25N3O2. The highest BCUT2D eigenvalue weighted by molar-refractivity contribution is 5.77. The zero-order valence-electron chi connectivity index (χ0n) is 15.4. The van der Waals surface area contributed by atoms with Crippen molar-refractivity contribution in [3.05, 3.63) is 65.5 Å². The minimum absolute atomic E-state index is 0.0743. The second kappa shape index (κ2) is 7.92. The van der Waals surface area contributed by atoms with E-state index in [0.717, 1.165) is 48.4 Å². The number of aliphatic hydroxyl groups is 1. The number of hydrogen-bond donors (Lipinski definition) is 2. The summed E-state index contributed by atoms with van der Waals surface area (Å²) in [7, 11) is 0. The van der Waals surface area contributed by atoms with Crippen LogP contribution in [-0.4, -0.2) is 39.0 Å². The summed E-state index contributed by atoms with van der Waals surface area (Å²) >= 11 is 0. The van der Waals surface area contributed by atoms with Crippen LogP contribution in [0.5, 0.6) is 0 Å². The highest BCUT2D eigenvalue weighted by Crippen LogP contribution is 2.22. The summed E-state index contributed by atoms with van der Waals surface area (Å²) in [4.78, 5) is 22.4. The lowest BCUT2D eigenvalue weighted by atomic mass is 9.97. The number of likely N-dealkylation sites (tertiary alicyclic amines) is 1. The van der Waals surface area contributed by atoms with Gasteiger partial charge in [-0.3, -0.25) is 4.79 Å². The molecule has 2 aromatic carbocycles. The molecule has 2 heterocycles. The largest absolute Gasteiger partial charge is 0.392 e. The number of nitrogens with one attached hydrogen (secondary N) is 1. The monoisotopic (exact) mass is 363 g/mol. The van der Waals surface area contributed by atoms with Gasteiger partial charge in [0.05, 0.1) is 17.6 Å². The second-order valence-electron chi connectivity index (χ2n) is 7.38. The molecule has 27 heavy (non-hydrogen) atoms. The first kappa shape index (κ1) is 17.7. The molecule has 0 aliphatic carbocycles. The van der Waals surface area contributed by atoms with E-state index in [1.165, 1.54) is 5.56 Å². The van der Waals surface area contributed by atoms with Crippen molar-refractivity contribution in [3.63, 3.8) is 0 Å². The Hall–Kier alpha value is -2.66. The third kappa shape index (κ3) is 4.19. The number of amides is 1. The quantitative estimate of drug-likeness (QED) is 0.707.